The van der Waals surface area contributed by atoms with Crippen LogP contribution in [-0.4, -0.2) is 55.2 Å². The minimum absolute atomic E-state index is 0. The molecule has 24 heavy (non-hydrogen) atoms. The topological polar surface area (TPSA) is 41.7 Å². The van der Waals surface area contributed by atoms with Gasteiger partial charge in [0.15, 0.2) is 0 Å². The molecule has 0 aromatic heterocycles. The molecule has 0 amide bonds. The number of piperidine rings is 1. The number of nitrogens with two attached hydrogens (primary N) is 1. The van der Waals surface area contributed by atoms with E-state index in [9.17, 15) is 0 Å². The molecule has 0 unspecified atom stereocenters. The molecule has 0 saturated carbocycles. The summed E-state index contributed by atoms with van der Waals surface area (Å²) in [5.41, 5.74) is 8.01. The van der Waals surface area contributed by atoms with Crippen LogP contribution in [0.5, 0.6) is 0 Å². The molecule has 2 N–H and O–H groups in total. The van der Waals surface area contributed by atoms with Gasteiger partial charge in [-0.3, -0.25) is 4.90 Å². The standard InChI is InChI=1S/C18H31N3O.2ClH/c1-3-20(4-2)12-13-22-18-8-10-21(11-9-18)15-16-6-5-7-17(19)14-16;;/h5-7,14,18H,3-4,8-13,15,19H2,1-2H3;2*1H. The first kappa shape index (κ1) is 23.5. The maximum atomic E-state index is 6.05. The number of hydrogen-bond acceptors (Lipinski definition) is 4. The quantitative estimate of drug-likeness (QED) is 0.704. The van der Waals surface area contributed by atoms with E-state index < -0.39 is 0 Å². The van der Waals surface area contributed by atoms with Gasteiger partial charge in [-0.05, 0) is 43.6 Å². The summed E-state index contributed by atoms with van der Waals surface area (Å²) in [6, 6.07) is 8.21. The lowest BCUT2D eigenvalue weighted by atomic mass is 10.1. The van der Waals surface area contributed by atoms with Gasteiger partial charge >= 0.3 is 0 Å². The smallest absolute Gasteiger partial charge is 0.0600 e. The van der Waals surface area contributed by atoms with Crippen molar-refractivity contribution in [2.45, 2.75) is 39.3 Å². The van der Waals surface area contributed by atoms with Crippen molar-refractivity contribution in [2.75, 3.05) is 45.1 Å². The van der Waals surface area contributed by atoms with E-state index in [1.54, 1.807) is 0 Å². The molecule has 140 valence electrons. The molecule has 1 aliphatic heterocycles. The minimum atomic E-state index is 0. The molecule has 1 aromatic carbocycles. The summed E-state index contributed by atoms with van der Waals surface area (Å²) in [5, 5.41) is 0. The summed E-state index contributed by atoms with van der Waals surface area (Å²) in [6.07, 6.45) is 2.72. The van der Waals surface area contributed by atoms with Gasteiger partial charge in [-0.2, -0.15) is 0 Å². The Bertz CT molecular complexity index is 436. The highest BCUT2D eigenvalue weighted by Crippen LogP contribution is 2.17. The lowest BCUT2D eigenvalue weighted by Crippen LogP contribution is -2.37. The van der Waals surface area contributed by atoms with E-state index in [4.69, 9.17) is 10.5 Å². The van der Waals surface area contributed by atoms with E-state index >= 15 is 0 Å². The number of hydrogen-bond donors (Lipinski definition) is 1. The van der Waals surface area contributed by atoms with Crippen molar-refractivity contribution in [3.63, 3.8) is 0 Å². The van der Waals surface area contributed by atoms with Crippen molar-refractivity contribution < 1.29 is 4.74 Å². The molecular weight excluding hydrogens is 345 g/mol. The van der Waals surface area contributed by atoms with Crippen LogP contribution in [0.15, 0.2) is 24.3 Å². The largest absolute Gasteiger partial charge is 0.399 e. The maximum absolute atomic E-state index is 6.05. The van der Waals surface area contributed by atoms with Crippen LogP contribution in [0.1, 0.15) is 32.3 Å². The number of rotatable bonds is 8. The van der Waals surface area contributed by atoms with Crippen LogP contribution in [0, 0.1) is 0 Å². The molecule has 1 aliphatic rings. The van der Waals surface area contributed by atoms with Gasteiger partial charge in [0.05, 0.1) is 12.7 Å². The third-order valence-electron chi connectivity index (χ3n) is 4.55. The second kappa shape index (κ2) is 12.8. The van der Waals surface area contributed by atoms with E-state index in [-0.39, 0.29) is 24.8 Å². The Labute approximate surface area is 159 Å². The molecular formula is C18H33Cl2N3O. The Morgan fingerprint density at radius 1 is 1.17 bits per heavy atom. The Morgan fingerprint density at radius 2 is 1.83 bits per heavy atom. The van der Waals surface area contributed by atoms with Crippen molar-refractivity contribution in [3.8, 4) is 0 Å². The zero-order valence-corrected chi connectivity index (χ0v) is 16.6. The van der Waals surface area contributed by atoms with Crippen molar-refractivity contribution in [1.29, 1.82) is 0 Å². The van der Waals surface area contributed by atoms with Gasteiger partial charge < -0.3 is 15.4 Å². The minimum Gasteiger partial charge on any atom is -0.399 e. The van der Waals surface area contributed by atoms with Crippen LogP contribution >= 0.6 is 24.8 Å². The second-order valence-corrected chi connectivity index (χ2v) is 6.12. The van der Waals surface area contributed by atoms with Gasteiger partial charge in [0.25, 0.3) is 0 Å². The highest BCUT2D eigenvalue weighted by Gasteiger charge is 2.19. The SMILES string of the molecule is CCN(CC)CCOC1CCN(Cc2cccc(N)c2)CC1.Cl.Cl. The fourth-order valence-electron chi connectivity index (χ4n) is 3.07. The van der Waals surface area contributed by atoms with Crippen LogP contribution in [-0.2, 0) is 11.3 Å². The molecule has 0 spiro atoms. The summed E-state index contributed by atoms with van der Waals surface area (Å²) in [4.78, 5) is 4.91. The number of nitrogen functional groups attached to an aromatic ring is 1. The third-order valence-corrected chi connectivity index (χ3v) is 4.55. The molecule has 1 aromatic rings. The number of anilines is 1. The Hall–Kier alpha value is -0.520. The molecule has 0 radical (unpaired) electrons. The average Bonchev–Trinajstić information content (AvgIpc) is 2.53. The summed E-state index contributed by atoms with van der Waals surface area (Å²) in [6.45, 7) is 11.8. The maximum Gasteiger partial charge on any atom is 0.0600 e. The molecule has 1 fully saturated rings. The highest BCUT2D eigenvalue weighted by molar-refractivity contribution is 5.85. The zero-order valence-electron chi connectivity index (χ0n) is 14.9. The fourth-order valence-corrected chi connectivity index (χ4v) is 3.07. The Balaban J connectivity index is 0.00000264. The first-order valence-electron chi connectivity index (χ1n) is 8.62. The fraction of sp³-hybridized carbons (Fsp3) is 0.667. The Kier molecular flexibility index (Phi) is 12.5. The highest BCUT2D eigenvalue weighted by atomic mass is 35.5. The number of ether oxygens (including phenoxy) is 1. The Morgan fingerprint density at radius 3 is 2.42 bits per heavy atom. The molecule has 4 nitrogen and oxygen atoms in total. The predicted octanol–water partition coefficient (Wildman–Crippen LogP) is 3.44. The molecule has 0 aliphatic carbocycles. The van der Waals surface area contributed by atoms with E-state index in [1.807, 2.05) is 12.1 Å². The number of halogens is 2. The first-order chi connectivity index (χ1) is 10.7. The van der Waals surface area contributed by atoms with Crippen LogP contribution < -0.4 is 5.73 Å². The number of likely N-dealkylation sites (N-methyl/N-ethyl adjacent to an activating group) is 1. The first-order valence-corrected chi connectivity index (χ1v) is 8.62. The summed E-state index contributed by atoms with van der Waals surface area (Å²) < 4.78 is 6.05. The normalized spacial score (nSPS) is 15.8. The van der Waals surface area contributed by atoms with Gasteiger partial charge in [-0.1, -0.05) is 26.0 Å². The van der Waals surface area contributed by atoms with Crippen LogP contribution in [0.3, 0.4) is 0 Å². The molecule has 0 atom stereocenters. The monoisotopic (exact) mass is 377 g/mol. The van der Waals surface area contributed by atoms with Crippen molar-refractivity contribution >= 4 is 30.5 Å². The molecule has 1 heterocycles. The lowest BCUT2D eigenvalue weighted by Gasteiger charge is -2.32. The molecule has 2 rings (SSSR count). The number of nitrogens with zero attached hydrogens (tertiary/aromatic N) is 2. The van der Waals surface area contributed by atoms with Gasteiger partial charge in [0.2, 0.25) is 0 Å². The predicted molar refractivity (Wildman–Crippen MR) is 107 cm³/mol. The van der Waals surface area contributed by atoms with Crippen molar-refractivity contribution in [2.24, 2.45) is 0 Å². The van der Waals surface area contributed by atoms with Gasteiger partial charge in [-0.25, -0.2) is 0 Å². The summed E-state index contributed by atoms with van der Waals surface area (Å²) in [5.74, 6) is 0. The molecule has 6 heteroatoms. The van der Waals surface area contributed by atoms with Crippen molar-refractivity contribution in [1.82, 2.24) is 9.80 Å². The van der Waals surface area contributed by atoms with Crippen LogP contribution in [0.4, 0.5) is 5.69 Å². The van der Waals surface area contributed by atoms with E-state index in [1.165, 1.54) is 5.56 Å². The van der Waals surface area contributed by atoms with E-state index in [0.717, 1.165) is 64.4 Å². The van der Waals surface area contributed by atoms with Gasteiger partial charge in [0, 0.05) is 31.9 Å². The van der Waals surface area contributed by atoms with Crippen LogP contribution in [0.2, 0.25) is 0 Å². The van der Waals surface area contributed by atoms with Crippen molar-refractivity contribution in [3.05, 3.63) is 29.8 Å². The lowest BCUT2D eigenvalue weighted by molar-refractivity contribution is -0.00223. The van der Waals surface area contributed by atoms with E-state index in [0.29, 0.717) is 6.10 Å². The number of likely N-dealkylation sites (tertiary alicyclic amines) is 1. The summed E-state index contributed by atoms with van der Waals surface area (Å²) in [7, 11) is 0. The zero-order chi connectivity index (χ0) is 15.8. The average molecular weight is 378 g/mol. The number of benzene rings is 1. The van der Waals surface area contributed by atoms with Crippen LogP contribution in [0.25, 0.3) is 0 Å². The van der Waals surface area contributed by atoms with Gasteiger partial charge in [-0.15, -0.1) is 24.8 Å². The molecule has 0 bridgehead atoms. The molecule has 1 saturated heterocycles. The van der Waals surface area contributed by atoms with E-state index in [2.05, 4.69) is 35.8 Å². The third kappa shape index (κ3) is 8.04. The second-order valence-electron chi connectivity index (χ2n) is 6.12. The summed E-state index contributed by atoms with van der Waals surface area (Å²) >= 11 is 0. The van der Waals surface area contributed by atoms with Gasteiger partial charge in [0.1, 0.15) is 0 Å².